The molecule has 0 aliphatic carbocycles. The van der Waals surface area contributed by atoms with Crippen molar-refractivity contribution in [1.82, 2.24) is 9.97 Å². The molecule has 1 aromatic heterocycles. The predicted molar refractivity (Wildman–Crippen MR) is 70.4 cm³/mol. The molecular formula is C12H15N3O2S. The molecule has 1 fully saturated rings. The zero-order chi connectivity index (χ0) is 13.1. The van der Waals surface area contributed by atoms with Crippen LogP contribution in [0.2, 0.25) is 0 Å². The number of carbonyl (C=O) groups excluding carboxylic acids is 2. The number of nitrogens with zero attached hydrogens (tertiary/aromatic N) is 3. The largest absolute Gasteiger partial charge is 0.288 e. The van der Waals surface area contributed by atoms with E-state index in [2.05, 4.69) is 9.97 Å². The summed E-state index contributed by atoms with van der Waals surface area (Å²) >= 11 is 1.27. The number of hydrogen-bond donors (Lipinski definition) is 0. The Kier molecular flexibility index (Phi) is 3.96. The van der Waals surface area contributed by atoms with E-state index in [-0.39, 0.29) is 16.9 Å². The summed E-state index contributed by atoms with van der Waals surface area (Å²) in [5.74, 6) is 1.39. The van der Waals surface area contributed by atoms with E-state index in [0.717, 1.165) is 5.69 Å². The molecule has 96 valence electrons. The van der Waals surface area contributed by atoms with Gasteiger partial charge >= 0.3 is 0 Å². The second-order valence-corrected chi connectivity index (χ2v) is 5.57. The molecule has 0 spiro atoms. The molecule has 6 heteroatoms. The number of hydrogen-bond acceptors (Lipinski definition) is 5. The first-order valence-electron chi connectivity index (χ1n) is 5.79. The van der Waals surface area contributed by atoms with Crippen LogP contribution in [0.1, 0.15) is 19.0 Å². The second-order valence-electron chi connectivity index (χ2n) is 4.38. The molecular weight excluding hydrogens is 250 g/mol. The molecule has 1 aliphatic rings. The molecule has 1 amide bonds. The third kappa shape index (κ3) is 3.07. The second kappa shape index (κ2) is 5.48. The van der Waals surface area contributed by atoms with Crippen LogP contribution >= 0.6 is 11.8 Å². The lowest BCUT2D eigenvalue weighted by Gasteiger charge is -2.14. The number of amides is 1. The quantitative estimate of drug-likeness (QED) is 0.827. The standard InChI is InChI=1S/C12H15N3O2S/c1-8-3-4-13-12(14-8)15-6-10(5-11(15)17)7-18-9(2)16/h3-4,10H,5-7H2,1-2H3. The Hall–Kier alpha value is -1.43. The van der Waals surface area contributed by atoms with Crippen LogP contribution in [0.15, 0.2) is 12.3 Å². The summed E-state index contributed by atoms with van der Waals surface area (Å²) < 4.78 is 0. The smallest absolute Gasteiger partial charge is 0.232 e. The number of aryl methyl sites for hydroxylation is 1. The third-order valence-corrected chi connectivity index (χ3v) is 3.80. The lowest BCUT2D eigenvalue weighted by Crippen LogP contribution is -2.27. The first kappa shape index (κ1) is 13.0. The van der Waals surface area contributed by atoms with Crippen molar-refractivity contribution in [3.05, 3.63) is 18.0 Å². The van der Waals surface area contributed by atoms with Gasteiger partial charge in [-0.25, -0.2) is 9.97 Å². The van der Waals surface area contributed by atoms with Gasteiger partial charge in [0, 0.05) is 37.5 Å². The lowest BCUT2D eigenvalue weighted by atomic mass is 10.1. The van der Waals surface area contributed by atoms with E-state index in [9.17, 15) is 9.59 Å². The number of anilines is 1. The van der Waals surface area contributed by atoms with Gasteiger partial charge in [0.15, 0.2) is 5.12 Å². The molecule has 0 aromatic carbocycles. The van der Waals surface area contributed by atoms with Crippen molar-refractivity contribution in [3.63, 3.8) is 0 Å². The van der Waals surface area contributed by atoms with Crippen LogP contribution in [0.25, 0.3) is 0 Å². The zero-order valence-corrected chi connectivity index (χ0v) is 11.2. The monoisotopic (exact) mass is 265 g/mol. The summed E-state index contributed by atoms with van der Waals surface area (Å²) in [6, 6.07) is 1.80. The molecule has 1 saturated heterocycles. The van der Waals surface area contributed by atoms with Gasteiger partial charge in [-0.15, -0.1) is 0 Å². The van der Waals surface area contributed by atoms with Gasteiger partial charge in [-0.3, -0.25) is 14.5 Å². The Morgan fingerprint density at radius 3 is 3.06 bits per heavy atom. The topological polar surface area (TPSA) is 63.2 Å². The average molecular weight is 265 g/mol. The van der Waals surface area contributed by atoms with E-state index in [0.29, 0.717) is 24.7 Å². The maximum atomic E-state index is 11.9. The summed E-state index contributed by atoms with van der Waals surface area (Å²) in [5.41, 5.74) is 0.842. The fourth-order valence-corrected chi connectivity index (χ4v) is 2.58. The predicted octanol–water partition coefficient (Wildman–Crippen LogP) is 1.42. The van der Waals surface area contributed by atoms with Crippen LogP contribution in [0.4, 0.5) is 5.95 Å². The van der Waals surface area contributed by atoms with E-state index in [1.54, 1.807) is 24.1 Å². The Balaban J connectivity index is 2.03. The molecule has 1 aromatic rings. The van der Waals surface area contributed by atoms with Gasteiger partial charge < -0.3 is 0 Å². The first-order valence-corrected chi connectivity index (χ1v) is 6.78. The van der Waals surface area contributed by atoms with Gasteiger partial charge in [0.2, 0.25) is 11.9 Å². The minimum absolute atomic E-state index is 0.0368. The molecule has 1 unspecified atom stereocenters. The molecule has 18 heavy (non-hydrogen) atoms. The van der Waals surface area contributed by atoms with Crippen molar-refractivity contribution < 1.29 is 9.59 Å². The number of rotatable bonds is 3. The molecule has 0 N–H and O–H groups in total. The maximum absolute atomic E-state index is 11.9. The minimum Gasteiger partial charge on any atom is -0.288 e. The van der Waals surface area contributed by atoms with E-state index >= 15 is 0 Å². The summed E-state index contributed by atoms with van der Waals surface area (Å²) in [7, 11) is 0. The fourth-order valence-electron chi connectivity index (χ4n) is 1.89. The van der Waals surface area contributed by atoms with Crippen molar-refractivity contribution >= 4 is 28.7 Å². The van der Waals surface area contributed by atoms with Gasteiger partial charge in [0.05, 0.1) is 0 Å². The molecule has 2 rings (SSSR count). The van der Waals surface area contributed by atoms with Gasteiger partial charge in [-0.05, 0) is 18.9 Å². The molecule has 0 saturated carbocycles. The molecule has 5 nitrogen and oxygen atoms in total. The minimum atomic E-state index is 0.0368. The van der Waals surface area contributed by atoms with E-state index in [1.165, 1.54) is 11.8 Å². The summed E-state index contributed by atoms with van der Waals surface area (Å²) in [6.45, 7) is 4.01. The van der Waals surface area contributed by atoms with Crippen molar-refractivity contribution in [1.29, 1.82) is 0 Å². The van der Waals surface area contributed by atoms with Crippen molar-refractivity contribution in [2.24, 2.45) is 5.92 Å². The molecule has 0 bridgehead atoms. The van der Waals surface area contributed by atoms with Gasteiger partial charge in [-0.1, -0.05) is 11.8 Å². The highest BCUT2D eigenvalue weighted by molar-refractivity contribution is 8.13. The highest BCUT2D eigenvalue weighted by Gasteiger charge is 2.32. The Morgan fingerprint density at radius 1 is 1.61 bits per heavy atom. The summed E-state index contributed by atoms with van der Waals surface area (Å²) in [5, 5.41) is 0.0905. The number of thioether (sulfide) groups is 1. The van der Waals surface area contributed by atoms with Gasteiger partial charge in [0.1, 0.15) is 0 Å². The summed E-state index contributed by atoms with van der Waals surface area (Å²) in [6.07, 6.45) is 2.13. The van der Waals surface area contributed by atoms with Crippen LogP contribution < -0.4 is 4.90 Å². The van der Waals surface area contributed by atoms with E-state index in [4.69, 9.17) is 0 Å². The maximum Gasteiger partial charge on any atom is 0.232 e. The first-order chi connectivity index (χ1) is 8.56. The van der Waals surface area contributed by atoms with E-state index in [1.807, 2.05) is 6.92 Å². The number of aromatic nitrogens is 2. The molecule has 0 radical (unpaired) electrons. The normalized spacial score (nSPS) is 19.3. The van der Waals surface area contributed by atoms with Gasteiger partial charge in [-0.2, -0.15) is 0 Å². The summed E-state index contributed by atoms with van der Waals surface area (Å²) in [4.78, 5) is 32.8. The zero-order valence-electron chi connectivity index (χ0n) is 10.4. The highest BCUT2D eigenvalue weighted by Crippen LogP contribution is 2.25. The average Bonchev–Trinajstić information content (AvgIpc) is 2.68. The molecule has 1 atom stereocenters. The highest BCUT2D eigenvalue weighted by atomic mass is 32.2. The number of carbonyl (C=O) groups is 2. The van der Waals surface area contributed by atoms with Crippen LogP contribution in [0, 0.1) is 12.8 Å². The van der Waals surface area contributed by atoms with Crippen LogP contribution in [0.5, 0.6) is 0 Å². The molecule has 1 aliphatic heterocycles. The lowest BCUT2D eigenvalue weighted by molar-refractivity contribution is -0.117. The SMILES string of the molecule is CC(=O)SCC1CC(=O)N(c2nccc(C)n2)C1. The fraction of sp³-hybridized carbons (Fsp3) is 0.500. The van der Waals surface area contributed by atoms with Gasteiger partial charge in [0.25, 0.3) is 0 Å². The molecule has 2 heterocycles. The van der Waals surface area contributed by atoms with Crippen molar-refractivity contribution in [2.45, 2.75) is 20.3 Å². The van der Waals surface area contributed by atoms with Crippen LogP contribution in [0.3, 0.4) is 0 Å². The third-order valence-electron chi connectivity index (χ3n) is 2.75. The Bertz CT molecular complexity index is 478. The van der Waals surface area contributed by atoms with Crippen LogP contribution in [-0.2, 0) is 9.59 Å². The van der Waals surface area contributed by atoms with Crippen molar-refractivity contribution in [3.8, 4) is 0 Å². The Morgan fingerprint density at radius 2 is 2.39 bits per heavy atom. The van der Waals surface area contributed by atoms with E-state index < -0.39 is 0 Å². The Labute approximate surface area is 110 Å². The van der Waals surface area contributed by atoms with Crippen molar-refractivity contribution in [2.75, 3.05) is 17.2 Å². The van der Waals surface area contributed by atoms with Crippen LogP contribution in [-0.4, -0.2) is 33.3 Å².